The minimum atomic E-state index is -1.04. The van der Waals surface area contributed by atoms with E-state index in [1.165, 1.54) is 0 Å². The van der Waals surface area contributed by atoms with E-state index < -0.39 is 23.5 Å². The molecule has 0 aromatic heterocycles. The van der Waals surface area contributed by atoms with Gasteiger partial charge in [0.1, 0.15) is 6.04 Å². The molecule has 2 atom stereocenters. The van der Waals surface area contributed by atoms with Crippen molar-refractivity contribution in [1.29, 1.82) is 0 Å². The van der Waals surface area contributed by atoms with E-state index in [1.54, 1.807) is 20.8 Å². The fourth-order valence-corrected chi connectivity index (χ4v) is 2.07. The molecule has 3 N–H and O–H groups in total. The Balaban J connectivity index is 2.47. The van der Waals surface area contributed by atoms with Gasteiger partial charge in [0.2, 0.25) is 0 Å². The molecule has 110 valence electrons. The molecule has 1 aliphatic heterocycles. The third kappa shape index (κ3) is 4.70. The molecule has 1 saturated heterocycles. The van der Waals surface area contributed by atoms with E-state index in [4.69, 9.17) is 9.84 Å². The smallest absolute Gasteiger partial charge is 0.326 e. The summed E-state index contributed by atoms with van der Waals surface area (Å²) >= 11 is 0. The van der Waals surface area contributed by atoms with Crippen molar-refractivity contribution < 1.29 is 19.4 Å². The van der Waals surface area contributed by atoms with E-state index in [-0.39, 0.29) is 5.60 Å². The van der Waals surface area contributed by atoms with Crippen molar-refractivity contribution in [2.24, 2.45) is 5.41 Å². The summed E-state index contributed by atoms with van der Waals surface area (Å²) in [4.78, 5) is 22.9. The largest absolute Gasteiger partial charge is 0.480 e. The summed E-state index contributed by atoms with van der Waals surface area (Å²) in [5.41, 5.74) is -0.880. The van der Waals surface area contributed by atoms with Crippen LogP contribution >= 0.6 is 0 Å². The second kappa shape index (κ2) is 5.77. The topological polar surface area (TPSA) is 87.7 Å². The maximum atomic E-state index is 11.8. The molecule has 1 aliphatic rings. The van der Waals surface area contributed by atoms with Crippen molar-refractivity contribution in [2.75, 3.05) is 13.2 Å². The zero-order valence-corrected chi connectivity index (χ0v) is 12.1. The van der Waals surface area contributed by atoms with Crippen LogP contribution in [-0.2, 0) is 9.53 Å². The van der Waals surface area contributed by atoms with E-state index in [0.29, 0.717) is 13.2 Å². The SMILES string of the molecule is CC1(CNC(=O)N[C@@H](C(=O)O)C(C)(C)C)CCCO1. The number of carbonyl (C=O) groups excluding carboxylic acids is 1. The van der Waals surface area contributed by atoms with Gasteiger partial charge in [0, 0.05) is 13.2 Å². The van der Waals surface area contributed by atoms with E-state index in [2.05, 4.69) is 10.6 Å². The number of ether oxygens (including phenoxy) is 1. The molecule has 1 fully saturated rings. The van der Waals surface area contributed by atoms with Gasteiger partial charge < -0.3 is 20.5 Å². The molecule has 0 aliphatic carbocycles. The van der Waals surface area contributed by atoms with Gasteiger partial charge in [-0.1, -0.05) is 20.8 Å². The zero-order valence-electron chi connectivity index (χ0n) is 12.1. The molecule has 1 rings (SSSR count). The molecule has 19 heavy (non-hydrogen) atoms. The average molecular weight is 272 g/mol. The van der Waals surface area contributed by atoms with Gasteiger partial charge in [0.05, 0.1) is 5.60 Å². The number of aliphatic carboxylic acids is 1. The van der Waals surface area contributed by atoms with Crippen molar-refractivity contribution in [3.8, 4) is 0 Å². The maximum absolute atomic E-state index is 11.8. The standard InChI is InChI=1S/C13H24N2O4/c1-12(2,3)9(10(16)17)15-11(18)14-8-13(4)6-5-7-19-13/h9H,5-8H2,1-4H3,(H,16,17)(H2,14,15,18)/t9-,13?/m0/s1. The first-order valence-electron chi connectivity index (χ1n) is 6.55. The van der Waals surface area contributed by atoms with Crippen LogP contribution in [-0.4, -0.2) is 41.9 Å². The maximum Gasteiger partial charge on any atom is 0.326 e. The number of amides is 2. The highest BCUT2D eigenvalue weighted by Crippen LogP contribution is 2.24. The van der Waals surface area contributed by atoms with Gasteiger partial charge in [0.25, 0.3) is 0 Å². The van der Waals surface area contributed by atoms with Gasteiger partial charge in [-0.25, -0.2) is 9.59 Å². The average Bonchev–Trinajstić information content (AvgIpc) is 2.69. The first-order valence-corrected chi connectivity index (χ1v) is 6.55. The lowest BCUT2D eigenvalue weighted by Gasteiger charge is -2.29. The lowest BCUT2D eigenvalue weighted by Crippen LogP contribution is -2.54. The number of carbonyl (C=O) groups is 2. The number of carboxylic acids is 1. The molecular weight excluding hydrogens is 248 g/mol. The third-order valence-electron chi connectivity index (χ3n) is 3.31. The van der Waals surface area contributed by atoms with Crippen LogP contribution in [0.1, 0.15) is 40.5 Å². The number of rotatable bonds is 4. The van der Waals surface area contributed by atoms with Gasteiger partial charge in [0.15, 0.2) is 0 Å². The molecule has 0 saturated carbocycles. The van der Waals surface area contributed by atoms with Gasteiger partial charge in [-0.15, -0.1) is 0 Å². The van der Waals surface area contributed by atoms with Crippen molar-refractivity contribution in [1.82, 2.24) is 10.6 Å². The first-order chi connectivity index (χ1) is 8.64. The molecule has 0 spiro atoms. The van der Waals surface area contributed by atoms with Crippen molar-refractivity contribution in [2.45, 2.75) is 52.2 Å². The number of hydrogen-bond acceptors (Lipinski definition) is 3. The molecule has 0 radical (unpaired) electrons. The van der Waals surface area contributed by atoms with Crippen molar-refractivity contribution in [3.63, 3.8) is 0 Å². The van der Waals surface area contributed by atoms with Gasteiger partial charge in [-0.3, -0.25) is 0 Å². The predicted octanol–water partition coefficient (Wildman–Crippen LogP) is 1.35. The molecule has 6 nitrogen and oxygen atoms in total. The summed E-state index contributed by atoms with van der Waals surface area (Å²) in [7, 11) is 0. The van der Waals surface area contributed by atoms with Crippen LogP contribution in [0.2, 0.25) is 0 Å². The van der Waals surface area contributed by atoms with Crippen LogP contribution in [0.4, 0.5) is 4.79 Å². The monoisotopic (exact) mass is 272 g/mol. The predicted molar refractivity (Wildman–Crippen MR) is 71.0 cm³/mol. The quantitative estimate of drug-likeness (QED) is 0.721. The number of carboxylic acid groups (broad SMARTS) is 1. The highest BCUT2D eigenvalue weighted by molar-refractivity contribution is 5.83. The minimum Gasteiger partial charge on any atom is -0.480 e. The molecule has 0 bridgehead atoms. The molecule has 0 aromatic carbocycles. The lowest BCUT2D eigenvalue weighted by molar-refractivity contribution is -0.141. The molecule has 2 amide bonds. The Morgan fingerprint density at radius 2 is 2.05 bits per heavy atom. The Labute approximate surface area is 113 Å². The van der Waals surface area contributed by atoms with Crippen LogP contribution in [0, 0.1) is 5.41 Å². The lowest BCUT2D eigenvalue weighted by atomic mass is 9.87. The van der Waals surface area contributed by atoms with Gasteiger partial charge in [-0.05, 0) is 25.2 Å². The minimum absolute atomic E-state index is 0.336. The summed E-state index contributed by atoms with van der Waals surface area (Å²) in [5, 5.41) is 14.3. The van der Waals surface area contributed by atoms with Crippen molar-refractivity contribution >= 4 is 12.0 Å². The molecule has 0 aromatic rings. The fourth-order valence-electron chi connectivity index (χ4n) is 2.07. The Bertz CT molecular complexity index is 343. The van der Waals surface area contributed by atoms with Gasteiger partial charge in [-0.2, -0.15) is 0 Å². The Morgan fingerprint density at radius 1 is 1.42 bits per heavy atom. The van der Waals surface area contributed by atoms with Crippen LogP contribution in [0.25, 0.3) is 0 Å². The zero-order chi connectivity index (χ0) is 14.7. The van der Waals surface area contributed by atoms with Crippen LogP contribution < -0.4 is 10.6 Å². The Kier molecular flexibility index (Phi) is 4.79. The molecule has 1 heterocycles. The highest BCUT2D eigenvalue weighted by atomic mass is 16.5. The number of hydrogen-bond donors (Lipinski definition) is 3. The van der Waals surface area contributed by atoms with Crippen LogP contribution in [0.5, 0.6) is 0 Å². The Hall–Kier alpha value is -1.30. The fraction of sp³-hybridized carbons (Fsp3) is 0.846. The summed E-state index contributed by atoms with van der Waals surface area (Å²) in [6.07, 6.45) is 1.88. The summed E-state index contributed by atoms with van der Waals surface area (Å²) in [6.45, 7) is 8.35. The summed E-state index contributed by atoms with van der Waals surface area (Å²) < 4.78 is 5.55. The Morgan fingerprint density at radius 3 is 2.47 bits per heavy atom. The first kappa shape index (κ1) is 15.8. The third-order valence-corrected chi connectivity index (χ3v) is 3.31. The summed E-state index contributed by atoms with van der Waals surface area (Å²) in [5.74, 6) is -1.04. The highest BCUT2D eigenvalue weighted by Gasteiger charge is 2.34. The van der Waals surface area contributed by atoms with Crippen molar-refractivity contribution in [3.05, 3.63) is 0 Å². The molecule has 1 unspecified atom stereocenters. The van der Waals surface area contributed by atoms with E-state index >= 15 is 0 Å². The second-order valence-corrected chi connectivity index (χ2v) is 6.37. The molecule has 6 heteroatoms. The van der Waals surface area contributed by atoms with Crippen LogP contribution in [0.15, 0.2) is 0 Å². The summed E-state index contributed by atoms with van der Waals surface area (Å²) in [6, 6.07) is -1.40. The van der Waals surface area contributed by atoms with E-state index in [9.17, 15) is 9.59 Å². The van der Waals surface area contributed by atoms with E-state index in [1.807, 2.05) is 6.92 Å². The second-order valence-electron chi connectivity index (χ2n) is 6.37. The van der Waals surface area contributed by atoms with E-state index in [0.717, 1.165) is 12.8 Å². The molecular formula is C13H24N2O4. The normalized spacial score (nSPS) is 24.8. The van der Waals surface area contributed by atoms with Gasteiger partial charge >= 0.3 is 12.0 Å². The number of nitrogens with one attached hydrogen (secondary N) is 2. The number of urea groups is 1. The van der Waals surface area contributed by atoms with Crippen LogP contribution in [0.3, 0.4) is 0 Å².